The summed E-state index contributed by atoms with van der Waals surface area (Å²) in [5, 5.41) is 0.362. The third-order valence-electron chi connectivity index (χ3n) is 2.83. The molecule has 1 unspecified atom stereocenters. The van der Waals surface area contributed by atoms with Crippen molar-refractivity contribution in [3.63, 3.8) is 0 Å². The molecule has 2 rings (SSSR count). The van der Waals surface area contributed by atoms with Gasteiger partial charge in [0, 0.05) is 11.1 Å². The lowest BCUT2D eigenvalue weighted by molar-refractivity contribution is 0.617. The normalized spacial score (nSPS) is 12.5. The molecule has 0 radical (unpaired) electrons. The van der Waals surface area contributed by atoms with Crippen LogP contribution in [0.15, 0.2) is 36.4 Å². The Morgan fingerprint density at radius 1 is 1.00 bits per heavy atom. The molecule has 0 heterocycles. The van der Waals surface area contributed by atoms with Crippen LogP contribution < -0.4 is 5.73 Å². The van der Waals surface area contributed by atoms with E-state index in [2.05, 4.69) is 0 Å². The van der Waals surface area contributed by atoms with Crippen LogP contribution in [-0.4, -0.2) is 0 Å². The summed E-state index contributed by atoms with van der Waals surface area (Å²) in [7, 11) is 0. The van der Waals surface area contributed by atoms with Crippen molar-refractivity contribution in [2.24, 2.45) is 5.73 Å². The van der Waals surface area contributed by atoms with Gasteiger partial charge in [-0.1, -0.05) is 35.3 Å². The molecule has 100 valence electrons. The van der Waals surface area contributed by atoms with Crippen molar-refractivity contribution in [2.75, 3.05) is 0 Å². The monoisotopic (exact) mass is 301 g/mol. The standard InChI is InChI=1S/C14H11Cl2F2N/c15-11-4-2-9(5-13(11)18)14(19)6-8-1-3-10(17)7-12(8)16/h1-5,7,14H,6,19H2. The minimum Gasteiger partial charge on any atom is -0.324 e. The molecule has 1 nitrogen and oxygen atoms in total. The lowest BCUT2D eigenvalue weighted by Crippen LogP contribution is -2.14. The number of hydrogen-bond donors (Lipinski definition) is 1. The Balaban J connectivity index is 2.20. The number of nitrogens with two attached hydrogens (primary N) is 1. The molecule has 2 aromatic carbocycles. The van der Waals surface area contributed by atoms with Crippen LogP contribution in [0.3, 0.4) is 0 Å². The van der Waals surface area contributed by atoms with E-state index < -0.39 is 17.7 Å². The molecule has 2 N–H and O–H groups in total. The van der Waals surface area contributed by atoms with E-state index in [1.807, 2.05) is 0 Å². The highest BCUT2D eigenvalue weighted by Crippen LogP contribution is 2.25. The topological polar surface area (TPSA) is 26.0 Å². The second-order valence-electron chi connectivity index (χ2n) is 4.22. The highest BCUT2D eigenvalue weighted by atomic mass is 35.5. The van der Waals surface area contributed by atoms with E-state index in [0.29, 0.717) is 22.6 Å². The van der Waals surface area contributed by atoms with Crippen molar-refractivity contribution in [1.29, 1.82) is 0 Å². The Morgan fingerprint density at radius 3 is 2.37 bits per heavy atom. The molecule has 0 saturated heterocycles. The van der Waals surface area contributed by atoms with E-state index in [-0.39, 0.29) is 5.02 Å². The molecule has 0 spiro atoms. The molecular weight excluding hydrogens is 291 g/mol. The number of halogens is 4. The van der Waals surface area contributed by atoms with Gasteiger partial charge in [0.15, 0.2) is 0 Å². The second-order valence-corrected chi connectivity index (χ2v) is 5.03. The second kappa shape index (κ2) is 5.87. The number of benzene rings is 2. The maximum atomic E-state index is 13.3. The fourth-order valence-electron chi connectivity index (χ4n) is 1.79. The quantitative estimate of drug-likeness (QED) is 0.886. The fourth-order valence-corrected chi connectivity index (χ4v) is 2.15. The Labute approximate surface area is 119 Å². The first kappa shape index (κ1) is 14.3. The molecule has 5 heteroatoms. The molecule has 1 atom stereocenters. The molecule has 0 amide bonds. The molecule has 0 bridgehead atoms. The van der Waals surface area contributed by atoms with Gasteiger partial charge in [0.05, 0.1) is 5.02 Å². The van der Waals surface area contributed by atoms with E-state index in [1.54, 1.807) is 12.1 Å². The predicted molar refractivity (Wildman–Crippen MR) is 73.5 cm³/mol. The van der Waals surface area contributed by atoms with Gasteiger partial charge < -0.3 is 5.73 Å². The Morgan fingerprint density at radius 2 is 1.74 bits per heavy atom. The smallest absolute Gasteiger partial charge is 0.142 e. The molecule has 0 saturated carbocycles. The van der Waals surface area contributed by atoms with E-state index in [1.165, 1.54) is 24.3 Å². The van der Waals surface area contributed by atoms with Crippen LogP contribution in [0.25, 0.3) is 0 Å². The highest BCUT2D eigenvalue weighted by Gasteiger charge is 2.12. The van der Waals surface area contributed by atoms with Crippen molar-refractivity contribution in [3.8, 4) is 0 Å². The van der Waals surface area contributed by atoms with Crippen LogP contribution in [-0.2, 0) is 6.42 Å². The van der Waals surface area contributed by atoms with Crippen LogP contribution in [0.5, 0.6) is 0 Å². The average molecular weight is 302 g/mol. The van der Waals surface area contributed by atoms with Gasteiger partial charge in [-0.3, -0.25) is 0 Å². The van der Waals surface area contributed by atoms with Gasteiger partial charge >= 0.3 is 0 Å². The highest BCUT2D eigenvalue weighted by molar-refractivity contribution is 6.31. The lowest BCUT2D eigenvalue weighted by atomic mass is 9.99. The van der Waals surface area contributed by atoms with Crippen LogP contribution in [0, 0.1) is 11.6 Å². The first-order valence-electron chi connectivity index (χ1n) is 5.62. The zero-order valence-electron chi connectivity index (χ0n) is 9.84. The summed E-state index contributed by atoms with van der Waals surface area (Å²) in [6.45, 7) is 0. The van der Waals surface area contributed by atoms with Gasteiger partial charge in [-0.2, -0.15) is 0 Å². The summed E-state index contributed by atoms with van der Waals surface area (Å²) < 4.78 is 26.3. The van der Waals surface area contributed by atoms with Gasteiger partial charge in [-0.25, -0.2) is 8.78 Å². The summed E-state index contributed by atoms with van der Waals surface area (Å²) in [4.78, 5) is 0. The number of rotatable bonds is 3. The first-order valence-corrected chi connectivity index (χ1v) is 6.37. The lowest BCUT2D eigenvalue weighted by Gasteiger charge is -2.13. The molecule has 0 aliphatic carbocycles. The molecule has 0 aliphatic rings. The number of hydrogen-bond acceptors (Lipinski definition) is 1. The molecule has 0 aromatic heterocycles. The minimum atomic E-state index is -0.514. The van der Waals surface area contributed by atoms with E-state index in [4.69, 9.17) is 28.9 Å². The molecular formula is C14H11Cl2F2N. The van der Waals surface area contributed by atoms with Gasteiger partial charge in [0.25, 0.3) is 0 Å². The summed E-state index contributed by atoms with van der Waals surface area (Å²) in [5.41, 5.74) is 7.32. The van der Waals surface area contributed by atoms with Gasteiger partial charge in [0.2, 0.25) is 0 Å². The summed E-state index contributed by atoms with van der Waals surface area (Å²) in [6, 6.07) is 8.09. The molecule has 0 fully saturated rings. The maximum absolute atomic E-state index is 13.3. The third kappa shape index (κ3) is 3.44. The van der Waals surface area contributed by atoms with E-state index >= 15 is 0 Å². The van der Waals surface area contributed by atoms with Crippen molar-refractivity contribution in [1.82, 2.24) is 0 Å². The average Bonchev–Trinajstić information content (AvgIpc) is 2.36. The summed E-state index contributed by atoms with van der Waals surface area (Å²) in [6.07, 6.45) is 0.389. The van der Waals surface area contributed by atoms with E-state index in [9.17, 15) is 8.78 Å². The third-order valence-corrected chi connectivity index (χ3v) is 3.49. The minimum absolute atomic E-state index is 0.0516. The zero-order chi connectivity index (χ0) is 14.0. The summed E-state index contributed by atoms with van der Waals surface area (Å²) >= 11 is 11.5. The Bertz CT molecular complexity index is 602. The van der Waals surface area contributed by atoms with Crippen molar-refractivity contribution >= 4 is 23.2 Å². The zero-order valence-corrected chi connectivity index (χ0v) is 11.3. The van der Waals surface area contributed by atoms with Crippen LogP contribution in [0.1, 0.15) is 17.2 Å². The fraction of sp³-hybridized carbons (Fsp3) is 0.143. The van der Waals surface area contributed by atoms with Gasteiger partial charge in [-0.05, 0) is 41.8 Å². The Hall–Kier alpha value is -1.16. The predicted octanol–water partition coefficient (Wildman–Crippen LogP) is 4.51. The molecule has 2 aromatic rings. The van der Waals surface area contributed by atoms with Crippen molar-refractivity contribution in [2.45, 2.75) is 12.5 Å². The van der Waals surface area contributed by atoms with Gasteiger partial charge in [0.1, 0.15) is 11.6 Å². The molecule has 0 aliphatic heterocycles. The largest absolute Gasteiger partial charge is 0.324 e. The first-order chi connectivity index (χ1) is 8.97. The van der Waals surface area contributed by atoms with E-state index in [0.717, 1.165) is 0 Å². The Kier molecular flexibility index (Phi) is 4.40. The SMILES string of the molecule is NC(Cc1ccc(F)cc1Cl)c1ccc(Cl)c(F)c1. The summed E-state index contributed by atoms with van der Waals surface area (Å²) in [5.74, 6) is -0.917. The van der Waals surface area contributed by atoms with Crippen molar-refractivity contribution < 1.29 is 8.78 Å². The van der Waals surface area contributed by atoms with Crippen LogP contribution in [0.2, 0.25) is 10.0 Å². The maximum Gasteiger partial charge on any atom is 0.142 e. The molecule has 19 heavy (non-hydrogen) atoms. The van der Waals surface area contributed by atoms with Crippen LogP contribution >= 0.6 is 23.2 Å². The van der Waals surface area contributed by atoms with Crippen molar-refractivity contribution in [3.05, 3.63) is 69.2 Å². The van der Waals surface area contributed by atoms with Gasteiger partial charge in [-0.15, -0.1) is 0 Å². The van der Waals surface area contributed by atoms with Crippen LogP contribution in [0.4, 0.5) is 8.78 Å².